The summed E-state index contributed by atoms with van der Waals surface area (Å²) in [6.45, 7) is 0. The van der Waals surface area contributed by atoms with Crippen LogP contribution in [0.15, 0.2) is 79.7 Å². The Morgan fingerprint density at radius 1 is 0.917 bits per heavy atom. The fourth-order valence-corrected chi connectivity index (χ4v) is 4.31. The lowest BCUT2D eigenvalue weighted by molar-refractivity contribution is -0.130. The number of anilines is 1. The normalized spacial score (nSPS) is 16.6. The summed E-state index contributed by atoms with van der Waals surface area (Å²) < 4.78 is 63.5. The third kappa shape index (κ3) is 4.78. The molecule has 0 spiro atoms. The molecule has 3 aromatic rings. The highest BCUT2D eigenvalue weighted by Gasteiger charge is 2.41. The van der Waals surface area contributed by atoms with Crippen LogP contribution in [0.5, 0.6) is 5.75 Å². The van der Waals surface area contributed by atoms with Gasteiger partial charge in [-0.25, -0.2) is 4.79 Å². The Kier molecular flexibility index (Phi) is 6.05. The van der Waals surface area contributed by atoms with Gasteiger partial charge in [-0.1, -0.05) is 0 Å². The number of nitrogens with zero attached hydrogens (tertiary/aromatic N) is 4. The third-order valence-corrected chi connectivity index (χ3v) is 6.68. The molecule has 0 fully saturated rings. The Balaban J connectivity index is 1.67. The number of hydrogen-bond donors (Lipinski definition) is 4. The van der Waals surface area contributed by atoms with Crippen LogP contribution in [0.4, 0.5) is 11.4 Å². The molecule has 4 rings (SSSR count). The zero-order valence-corrected chi connectivity index (χ0v) is 19.3. The van der Waals surface area contributed by atoms with E-state index in [1.165, 1.54) is 18.2 Å². The molecule has 1 aliphatic heterocycles. The Bertz CT molecular complexity index is 1700. The summed E-state index contributed by atoms with van der Waals surface area (Å²) in [5, 5.41) is 31.9. The number of phenols is 1. The maximum Gasteiger partial charge on any atom is 0.355 e. The van der Waals surface area contributed by atoms with Crippen molar-refractivity contribution >= 4 is 60.0 Å². The summed E-state index contributed by atoms with van der Waals surface area (Å²) in [4.78, 5) is 23.5. The zero-order chi connectivity index (χ0) is 26.4. The molecule has 1 unspecified atom stereocenters. The highest BCUT2D eigenvalue weighted by Crippen LogP contribution is 2.32. The standard InChI is InChI=1S/C20H14N4O10S2/c25-16-9-14(36(32,33)34)8-10-7-11(1-6-15(10)16)21-22-17-18(20(27)28)23-24(19(17)26)12-2-4-13(5-3-12)35(29,30)31/h1-9,17,25H,(H,27,28)(H,29,30,31)(H,32,33,34). The number of carbonyl (C=O) groups excluding carboxylic acids is 1. The van der Waals surface area contributed by atoms with Crippen LogP contribution in [0, 0.1) is 0 Å². The van der Waals surface area contributed by atoms with Gasteiger partial charge in [0.15, 0.2) is 5.71 Å². The third-order valence-electron chi connectivity index (χ3n) is 4.98. The first kappa shape index (κ1) is 24.9. The zero-order valence-electron chi connectivity index (χ0n) is 17.6. The second kappa shape index (κ2) is 8.76. The van der Waals surface area contributed by atoms with Crippen LogP contribution in [0.2, 0.25) is 0 Å². The molecular formula is C20H14N4O10S2. The van der Waals surface area contributed by atoms with Crippen molar-refractivity contribution in [2.24, 2.45) is 15.3 Å². The van der Waals surface area contributed by atoms with E-state index in [2.05, 4.69) is 15.3 Å². The van der Waals surface area contributed by atoms with Gasteiger partial charge in [0.25, 0.3) is 26.1 Å². The van der Waals surface area contributed by atoms with Gasteiger partial charge < -0.3 is 10.2 Å². The molecule has 1 aliphatic rings. The molecule has 14 nitrogen and oxygen atoms in total. The van der Waals surface area contributed by atoms with Gasteiger partial charge in [-0.05, 0) is 53.9 Å². The molecule has 0 radical (unpaired) electrons. The summed E-state index contributed by atoms with van der Waals surface area (Å²) >= 11 is 0. The number of benzene rings is 3. The van der Waals surface area contributed by atoms with E-state index in [-0.39, 0.29) is 22.1 Å². The van der Waals surface area contributed by atoms with E-state index in [1.54, 1.807) is 0 Å². The molecule has 1 atom stereocenters. The van der Waals surface area contributed by atoms with Crippen LogP contribution in [0.1, 0.15) is 0 Å². The average Bonchev–Trinajstić information content (AvgIpc) is 3.12. The largest absolute Gasteiger partial charge is 0.507 e. The Morgan fingerprint density at radius 2 is 1.56 bits per heavy atom. The first-order valence-corrected chi connectivity index (χ1v) is 12.5. The quantitative estimate of drug-likeness (QED) is 0.266. The van der Waals surface area contributed by atoms with Crippen molar-refractivity contribution in [1.29, 1.82) is 0 Å². The fourth-order valence-electron chi connectivity index (χ4n) is 3.30. The Morgan fingerprint density at radius 3 is 2.14 bits per heavy atom. The number of fused-ring (bicyclic) bond motifs is 1. The number of hydrogen-bond acceptors (Lipinski definition) is 10. The number of carboxylic acids is 1. The van der Waals surface area contributed by atoms with Gasteiger partial charge in [-0.3, -0.25) is 13.9 Å². The predicted octanol–water partition coefficient (Wildman–Crippen LogP) is 1.98. The Hall–Kier alpha value is -4.25. The minimum absolute atomic E-state index is 0.00257. The summed E-state index contributed by atoms with van der Waals surface area (Å²) in [6, 6.07) is 8.54. The number of aromatic hydroxyl groups is 1. The van der Waals surface area contributed by atoms with E-state index in [0.29, 0.717) is 5.01 Å². The van der Waals surface area contributed by atoms with Gasteiger partial charge in [0.2, 0.25) is 6.04 Å². The van der Waals surface area contributed by atoms with Crippen molar-refractivity contribution < 1.29 is 45.7 Å². The minimum Gasteiger partial charge on any atom is -0.507 e. The molecule has 0 saturated carbocycles. The molecule has 1 heterocycles. The molecule has 3 aromatic carbocycles. The number of rotatable bonds is 6. The number of carboxylic acid groups (broad SMARTS) is 1. The van der Waals surface area contributed by atoms with Crippen LogP contribution in [0.3, 0.4) is 0 Å². The summed E-state index contributed by atoms with van der Waals surface area (Å²) in [5.74, 6) is -2.90. The summed E-state index contributed by atoms with van der Waals surface area (Å²) in [5.41, 5.74) is -0.611. The van der Waals surface area contributed by atoms with Gasteiger partial charge in [-0.15, -0.1) is 0 Å². The lowest BCUT2D eigenvalue weighted by atomic mass is 10.1. The van der Waals surface area contributed by atoms with E-state index in [9.17, 15) is 41.2 Å². The van der Waals surface area contributed by atoms with Crippen molar-refractivity contribution in [1.82, 2.24) is 0 Å². The van der Waals surface area contributed by atoms with E-state index in [1.807, 2.05) is 0 Å². The fraction of sp³-hybridized carbons (Fsp3) is 0.0500. The molecule has 0 aliphatic carbocycles. The highest BCUT2D eigenvalue weighted by atomic mass is 32.2. The van der Waals surface area contributed by atoms with Crippen molar-refractivity contribution in [3.05, 3.63) is 54.6 Å². The second-order valence-electron chi connectivity index (χ2n) is 7.35. The van der Waals surface area contributed by atoms with E-state index >= 15 is 0 Å². The number of azo groups is 1. The average molecular weight is 534 g/mol. The molecule has 1 amide bonds. The smallest absolute Gasteiger partial charge is 0.355 e. The summed E-state index contributed by atoms with van der Waals surface area (Å²) in [6.07, 6.45) is 0. The van der Waals surface area contributed by atoms with E-state index in [4.69, 9.17) is 4.55 Å². The number of amides is 1. The topological polar surface area (TPSA) is 224 Å². The molecular weight excluding hydrogens is 520 g/mol. The minimum atomic E-state index is -4.62. The summed E-state index contributed by atoms with van der Waals surface area (Å²) in [7, 11) is -9.11. The maximum absolute atomic E-state index is 12.8. The van der Waals surface area contributed by atoms with Crippen molar-refractivity contribution in [2.75, 3.05) is 5.01 Å². The lowest BCUT2D eigenvalue weighted by Gasteiger charge is -2.12. The second-order valence-corrected chi connectivity index (χ2v) is 10.2. The first-order chi connectivity index (χ1) is 16.8. The van der Waals surface area contributed by atoms with Gasteiger partial charge in [0, 0.05) is 11.5 Å². The number of carbonyl (C=O) groups is 2. The maximum atomic E-state index is 12.8. The number of phenolic OH excluding ortho intramolecular Hbond substituents is 1. The SMILES string of the molecule is O=C(O)C1=NN(c2ccc(S(=O)(=O)O)cc2)C(=O)C1N=Nc1ccc2c(O)cc(S(=O)(=O)O)cc2c1. The van der Waals surface area contributed by atoms with Crippen LogP contribution >= 0.6 is 0 Å². The molecule has 36 heavy (non-hydrogen) atoms. The van der Waals surface area contributed by atoms with Gasteiger partial charge in [-0.2, -0.15) is 37.2 Å². The number of hydrazone groups is 1. The van der Waals surface area contributed by atoms with Gasteiger partial charge in [0.1, 0.15) is 5.75 Å². The van der Waals surface area contributed by atoms with Crippen molar-refractivity contribution in [3.8, 4) is 5.75 Å². The van der Waals surface area contributed by atoms with Gasteiger partial charge >= 0.3 is 5.97 Å². The van der Waals surface area contributed by atoms with Crippen LogP contribution < -0.4 is 5.01 Å². The number of aliphatic carboxylic acids is 1. The lowest BCUT2D eigenvalue weighted by Crippen LogP contribution is -2.33. The first-order valence-electron chi connectivity index (χ1n) is 9.64. The van der Waals surface area contributed by atoms with E-state index in [0.717, 1.165) is 36.4 Å². The van der Waals surface area contributed by atoms with Crippen LogP contribution in [0.25, 0.3) is 10.8 Å². The highest BCUT2D eigenvalue weighted by molar-refractivity contribution is 7.86. The van der Waals surface area contributed by atoms with Crippen molar-refractivity contribution in [2.45, 2.75) is 15.8 Å². The van der Waals surface area contributed by atoms with Gasteiger partial charge in [0.05, 0.1) is 21.2 Å². The molecule has 4 N–H and O–H groups in total. The molecule has 0 bridgehead atoms. The molecule has 186 valence electrons. The van der Waals surface area contributed by atoms with Crippen molar-refractivity contribution in [3.63, 3.8) is 0 Å². The van der Waals surface area contributed by atoms with E-state index < -0.39 is 59.4 Å². The molecule has 0 saturated heterocycles. The monoisotopic (exact) mass is 534 g/mol. The van der Waals surface area contributed by atoms with Crippen LogP contribution in [-0.2, 0) is 29.8 Å². The van der Waals surface area contributed by atoms with Crippen LogP contribution in [-0.4, -0.2) is 59.8 Å². The Labute approximate surface area is 202 Å². The molecule has 16 heteroatoms. The predicted molar refractivity (Wildman–Crippen MR) is 123 cm³/mol. The molecule has 0 aromatic heterocycles.